The zero-order valence-corrected chi connectivity index (χ0v) is 26.6. The van der Waals surface area contributed by atoms with Gasteiger partial charge in [0, 0.05) is 25.2 Å². The number of nitrogen functional groups attached to an aromatic ring is 1. The van der Waals surface area contributed by atoms with Gasteiger partial charge in [-0.1, -0.05) is 44.2 Å². The molecular formula is C25H37N3NaO9PS. The quantitative estimate of drug-likeness (QED) is 0.133. The number of nitrogens with one attached hydrogen (secondary N) is 1. The molecule has 2 aromatic carbocycles. The Balaban J connectivity index is 0.00000420. The van der Waals surface area contributed by atoms with Crippen molar-refractivity contribution < 1.29 is 72.5 Å². The standard InChI is InChI=1S/C25H36N3O9PS.Na.H/c1-18(2)15-28(39(33,34)22-10-8-20(26)9-11-22)16-24(37-38(30,31)32)23(14-19-6-4-3-5-7-19)27-25(29)36-21-12-13-35-17-21;;/h3-11,18,21,23-24H,12-17,26H2,1-2H3,(H,27,29)(H2,30,31,32);;/q;+1;-1/t21-,23+,24-;;/m1../s1. The van der Waals surface area contributed by atoms with Crippen molar-refractivity contribution >= 4 is 29.6 Å². The molecule has 1 aliphatic rings. The molecule has 1 amide bonds. The number of hydrogen-bond donors (Lipinski definition) is 4. The minimum atomic E-state index is -5.12. The van der Waals surface area contributed by atoms with Crippen LogP contribution in [-0.4, -0.2) is 73.2 Å². The van der Waals surface area contributed by atoms with Gasteiger partial charge < -0.3 is 31.7 Å². The summed E-state index contributed by atoms with van der Waals surface area (Å²) in [5.41, 5.74) is 6.82. The SMILES string of the molecule is CC(C)CN(C[C@@H](OP(=O)(O)O)[C@H](Cc1ccccc1)NC(=O)O[C@@H]1CCOC1)S(=O)(=O)c1ccc(N)cc1.[H-].[Na+]. The number of ether oxygens (including phenoxy) is 2. The number of alkyl carbamates (subject to hydrolysis) is 1. The maximum atomic E-state index is 13.6. The van der Waals surface area contributed by atoms with Crippen LogP contribution >= 0.6 is 7.82 Å². The minimum Gasteiger partial charge on any atom is -1.00 e. The van der Waals surface area contributed by atoms with Gasteiger partial charge in [-0.15, -0.1) is 0 Å². The number of carbonyl (C=O) groups is 1. The summed E-state index contributed by atoms with van der Waals surface area (Å²) in [5.74, 6) is -0.142. The second-order valence-electron chi connectivity index (χ2n) is 9.75. The average molecular weight is 610 g/mol. The molecule has 218 valence electrons. The van der Waals surface area contributed by atoms with Crippen molar-refractivity contribution in [1.82, 2.24) is 9.62 Å². The van der Waals surface area contributed by atoms with Crippen molar-refractivity contribution in [2.45, 2.75) is 49.8 Å². The predicted molar refractivity (Wildman–Crippen MR) is 145 cm³/mol. The smallest absolute Gasteiger partial charge is 1.00 e. The van der Waals surface area contributed by atoms with Crippen molar-refractivity contribution in [2.75, 3.05) is 32.0 Å². The Kier molecular flexibility index (Phi) is 13.6. The number of benzene rings is 2. The number of sulfonamides is 1. The number of nitrogens with zero attached hydrogens (tertiary/aromatic N) is 1. The number of carbonyl (C=O) groups excluding carboxylic acids is 1. The van der Waals surface area contributed by atoms with Gasteiger partial charge in [0.25, 0.3) is 0 Å². The largest absolute Gasteiger partial charge is 1.00 e. The molecule has 3 atom stereocenters. The van der Waals surface area contributed by atoms with Gasteiger partial charge in [-0.2, -0.15) is 4.31 Å². The van der Waals surface area contributed by atoms with Crippen molar-refractivity contribution in [2.24, 2.45) is 5.92 Å². The molecule has 0 spiro atoms. The molecular weight excluding hydrogens is 572 g/mol. The van der Waals surface area contributed by atoms with E-state index in [2.05, 4.69) is 5.32 Å². The van der Waals surface area contributed by atoms with Crippen LogP contribution in [0.5, 0.6) is 0 Å². The Bertz CT molecular complexity index is 1230. The van der Waals surface area contributed by atoms with Gasteiger partial charge >= 0.3 is 43.5 Å². The molecule has 1 saturated heterocycles. The molecule has 5 N–H and O–H groups in total. The molecule has 2 aromatic rings. The molecule has 0 aliphatic carbocycles. The van der Waals surface area contributed by atoms with Crippen LogP contribution in [0, 0.1) is 5.92 Å². The van der Waals surface area contributed by atoms with Crippen LogP contribution in [0.25, 0.3) is 0 Å². The summed E-state index contributed by atoms with van der Waals surface area (Å²) >= 11 is 0. The van der Waals surface area contributed by atoms with Crippen LogP contribution in [0.2, 0.25) is 0 Å². The first-order chi connectivity index (χ1) is 18.3. The number of nitrogens with two attached hydrogens (primary N) is 1. The molecule has 15 heteroatoms. The molecule has 0 radical (unpaired) electrons. The second-order valence-corrected chi connectivity index (χ2v) is 12.9. The minimum absolute atomic E-state index is 0. The van der Waals surface area contributed by atoms with Crippen molar-refractivity contribution in [3.05, 3.63) is 60.2 Å². The van der Waals surface area contributed by atoms with E-state index < -0.39 is 48.7 Å². The van der Waals surface area contributed by atoms with Crippen LogP contribution in [0.15, 0.2) is 59.5 Å². The van der Waals surface area contributed by atoms with Crippen LogP contribution < -0.4 is 40.6 Å². The first-order valence-corrected chi connectivity index (χ1v) is 15.5. The molecule has 0 bridgehead atoms. The Morgan fingerprint density at radius 3 is 2.38 bits per heavy atom. The van der Waals surface area contributed by atoms with E-state index in [-0.39, 0.29) is 61.4 Å². The molecule has 0 aromatic heterocycles. The molecule has 0 saturated carbocycles. The molecule has 1 aliphatic heterocycles. The Labute approximate surface area is 258 Å². The number of amides is 1. The molecule has 12 nitrogen and oxygen atoms in total. The molecule has 0 unspecified atom stereocenters. The molecule has 40 heavy (non-hydrogen) atoms. The topological polar surface area (TPSA) is 178 Å². The monoisotopic (exact) mass is 609 g/mol. The summed E-state index contributed by atoms with van der Waals surface area (Å²) in [6, 6.07) is 13.5. The van der Waals surface area contributed by atoms with Gasteiger partial charge in [-0.05, 0) is 42.2 Å². The van der Waals surface area contributed by atoms with Crippen LogP contribution in [0.3, 0.4) is 0 Å². The van der Waals surface area contributed by atoms with E-state index in [0.29, 0.717) is 18.7 Å². The van der Waals surface area contributed by atoms with E-state index in [1.54, 1.807) is 30.3 Å². The molecule has 3 rings (SSSR count). The predicted octanol–water partition coefficient (Wildman–Crippen LogP) is -0.364. The molecule has 1 fully saturated rings. The van der Waals surface area contributed by atoms with Gasteiger partial charge in [0.15, 0.2) is 0 Å². The van der Waals surface area contributed by atoms with Crippen molar-refractivity contribution in [3.63, 3.8) is 0 Å². The van der Waals surface area contributed by atoms with Crippen LogP contribution in [0.4, 0.5) is 10.5 Å². The van der Waals surface area contributed by atoms with Crippen LogP contribution in [-0.2, 0) is 35.0 Å². The van der Waals surface area contributed by atoms with E-state index in [1.165, 1.54) is 24.3 Å². The van der Waals surface area contributed by atoms with Gasteiger partial charge in [-0.25, -0.2) is 17.8 Å². The third kappa shape index (κ3) is 11.1. The first kappa shape index (κ1) is 34.7. The van der Waals surface area contributed by atoms with E-state index in [1.807, 2.05) is 13.8 Å². The fraction of sp³-hybridized carbons (Fsp3) is 0.480. The van der Waals surface area contributed by atoms with Gasteiger partial charge in [-0.3, -0.25) is 4.52 Å². The maximum Gasteiger partial charge on any atom is 1.00 e. The summed E-state index contributed by atoms with van der Waals surface area (Å²) in [7, 11) is -9.26. The normalized spacial score (nSPS) is 17.3. The fourth-order valence-electron chi connectivity index (χ4n) is 4.16. The van der Waals surface area contributed by atoms with Gasteiger partial charge in [0.2, 0.25) is 10.0 Å². The van der Waals surface area contributed by atoms with Crippen LogP contribution in [0.1, 0.15) is 27.3 Å². The first-order valence-electron chi connectivity index (χ1n) is 12.5. The summed E-state index contributed by atoms with van der Waals surface area (Å²) in [6.45, 7) is 3.87. The second kappa shape index (κ2) is 15.6. The number of phosphoric ester groups is 1. The number of anilines is 1. The summed E-state index contributed by atoms with van der Waals surface area (Å²) < 4.78 is 56.2. The zero-order chi connectivity index (χ0) is 28.6. The van der Waals surface area contributed by atoms with E-state index in [0.717, 1.165) is 9.87 Å². The van der Waals surface area contributed by atoms with Crippen molar-refractivity contribution in [1.29, 1.82) is 0 Å². The van der Waals surface area contributed by atoms with E-state index in [9.17, 15) is 27.6 Å². The van der Waals surface area contributed by atoms with E-state index >= 15 is 0 Å². The number of hydrogen-bond acceptors (Lipinski definition) is 8. The number of phosphoric acid groups is 1. The number of rotatable bonds is 13. The third-order valence-corrected chi connectivity index (χ3v) is 8.35. The molecule has 1 heterocycles. The third-order valence-electron chi connectivity index (χ3n) is 5.96. The Morgan fingerprint density at radius 1 is 1.18 bits per heavy atom. The van der Waals surface area contributed by atoms with E-state index in [4.69, 9.17) is 19.7 Å². The Hall–Kier alpha value is -1.51. The summed E-state index contributed by atoms with van der Waals surface area (Å²) in [6.07, 6.45) is -2.14. The average Bonchev–Trinajstić information content (AvgIpc) is 3.35. The Morgan fingerprint density at radius 2 is 1.82 bits per heavy atom. The van der Waals surface area contributed by atoms with Gasteiger partial charge in [0.1, 0.15) is 12.2 Å². The van der Waals surface area contributed by atoms with Crippen molar-refractivity contribution in [3.8, 4) is 0 Å². The zero-order valence-electron chi connectivity index (χ0n) is 23.9. The van der Waals surface area contributed by atoms with Gasteiger partial charge in [0.05, 0.1) is 24.2 Å². The fourth-order valence-corrected chi connectivity index (χ4v) is 6.35. The summed E-state index contributed by atoms with van der Waals surface area (Å²) in [4.78, 5) is 32.3. The maximum absolute atomic E-state index is 13.6. The summed E-state index contributed by atoms with van der Waals surface area (Å²) in [5, 5.41) is 2.65.